The van der Waals surface area contributed by atoms with Crippen LogP contribution >= 0.6 is 0 Å². The summed E-state index contributed by atoms with van der Waals surface area (Å²) in [5.74, 6) is -0.223. The Kier molecular flexibility index (Phi) is 7.33. The zero-order chi connectivity index (χ0) is 22.5. The largest absolute Gasteiger partial charge is 0.488 e. The number of carbonyl (C=O) groups excluding carboxylic acids is 3. The van der Waals surface area contributed by atoms with Gasteiger partial charge in [0.2, 0.25) is 17.7 Å². The fourth-order valence-corrected chi connectivity index (χ4v) is 3.92. The van der Waals surface area contributed by atoms with Crippen LogP contribution in [0.3, 0.4) is 0 Å². The molecule has 1 aromatic rings. The highest BCUT2D eigenvalue weighted by molar-refractivity contribution is 5.93. The molecule has 3 aliphatic heterocycles. The zero-order valence-electron chi connectivity index (χ0n) is 18.6. The van der Waals surface area contributed by atoms with E-state index >= 15 is 0 Å². The van der Waals surface area contributed by atoms with Crippen molar-refractivity contribution in [2.75, 3.05) is 27.2 Å². The molecule has 0 aliphatic carbocycles. The number of fused-ring (bicyclic) bond motifs is 7. The van der Waals surface area contributed by atoms with Crippen LogP contribution in [0.25, 0.3) is 6.08 Å². The molecule has 1 fully saturated rings. The summed E-state index contributed by atoms with van der Waals surface area (Å²) in [5, 5.41) is 5.68. The molecule has 2 bridgehead atoms. The molecular formula is C23H32N4O4. The van der Waals surface area contributed by atoms with E-state index in [4.69, 9.17) is 4.74 Å². The van der Waals surface area contributed by atoms with Crippen molar-refractivity contribution < 1.29 is 19.1 Å². The van der Waals surface area contributed by atoms with E-state index in [0.717, 1.165) is 12.0 Å². The van der Waals surface area contributed by atoms with Crippen LogP contribution in [0.5, 0.6) is 5.75 Å². The average Bonchev–Trinajstić information content (AvgIpc) is 3.15. The molecule has 168 valence electrons. The Balaban J connectivity index is 1.96. The molecule has 1 aromatic carbocycles. The summed E-state index contributed by atoms with van der Waals surface area (Å²) >= 11 is 0. The van der Waals surface area contributed by atoms with Crippen LogP contribution in [0.2, 0.25) is 0 Å². The number of likely N-dealkylation sites (N-methyl/N-ethyl adjacent to an activating group) is 1. The first-order valence-corrected chi connectivity index (χ1v) is 10.8. The summed E-state index contributed by atoms with van der Waals surface area (Å²) in [4.78, 5) is 42.4. The van der Waals surface area contributed by atoms with E-state index in [1.165, 1.54) is 0 Å². The van der Waals surface area contributed by atoms with Crippen LogP contribution in [0.4, 0.5) is 0 Å². The molecular weight excluding hydrogens is 396 g/mol. The number of carbonyl (C=O) groups is 3. The summed E-state index contributed by atoms with van der Waals surface area (Å²) in [7, 11) is 3.63. The number of nitrogens with zero attached hydrogens (tertiary/aromatic N) is 2. The molecule has 4 unspecified atom stereocenters. The first-order valence-electron chi connectivity index (χ1n) is 10.8. The van der Waals surface area contributed by atoms with Gasteiger partial charge < -0.3 is 25.2 Å². The topological polar surface area (TPSA) is 91.0 Å². The standard InChI is InChI=1S/C23H32N4O4/c1-5-15(2)20-22(29)24-12-10-16-6-8-17(9-7-16)31-18-11-13-27(19(28)14-26(3)4)21(18)23(30)25-20/h6-10,12,15,18,20-21H,5,11,13-14H2,1-4H3,(H,24,29)(H,25,30). The van der Waals surface area contributed by atoms with E-state index < -0.39 is 18.2 Å². The number of hydrogen-bond acceptors (Lipinski definition) is 5. The van der Waals surface area contributed by atoms with Crippen LogP contribution < -0.4 is 15.4 Å². The maximum Gasteiger partial charge on any atom is 0.247 e. The molecule has 1 saturated heterocycles. The zero-order valence-corrected chi connectivity index (χ0v) is 18.6. The molecule has 3 aliphatic rings. The van der Waals surface area contributed by atoms with Crippen molar-refractivity contribution in [2.45, 2.75) is 44.9 Å². The minimum Gasteiger partial charge on any atom is -0.488 e. The molecule has 0 aromatic heterocycles. The predicted molar refractivity (Wildman–Crippen MR) is 118 cm³/mol. The summed E-state index contributed by atoms with van der Waals surface area (Å²) in [6, 6.07) is 5.91. The second-order valence-electron chi connectivity index (χ2n) is 8.50. The highest BCUT2D eigenvalue weighted by Gasteiger charge is 2.44. The number of likely N-dealkylation sites (tertiary alicyclic amines) is 1. The Labute approximate surface area is 183 Å². The molecule has 4 rings (SSSR count). The molecule has 3 amide bonds. The lowest BCUT2D eigenvalue weighted by molar-refractivity contribution is -0.142. The number of hydrogen-bond donors (Lipinski definition) is 2. The Hall–Kier alpha value is -2.87. The van der Waals surface area contributed by atoms with Crippen molar-refractivity contribution in [1.29, 1.82) is 0 Å². The van der Waals surface area contributed by atoms with Crippen molar-refractivity contribution in [3.05, 3.63) is 36.0 Å². The van der Waals surface area contributed by atoms with E-state index in [1.54, 1.807) is 22.1 Å². The van der Waals surface area contributed by atoms with Gasteiger partial charge in [-0.05, 0) is 43.8 Å². The third-order valence-electron chi connectivity index (χ3n) is 5.85. The molecule has 8 nitrogen and oxygen atoms in total. The van der Waals surface area contributed by atoms with E-state index in [0.29, 0.717) is 18.7 Å². The van der Waals surface area contributed by atoms with Gasteiger partial charge in [-0.25, -0.2) is 0 Å². The minimum absolute atomic E-state index is 0.0739. The van der Waals surface area contributed by atoms with Gasteiger partial charge in [0.05, 0.1) is 6.54 Å². The molecule has 4 atom stereocenters. The Bertz CT molecular complexity index is 836. The maximum atomic E-state index is 13.4. The van der Waals surface area contributed by atoms with Crippen LogP contribution in [-0.2, 0) is 14.4 Å². The van der Waals surface area contributed by atoms with Gasteiger partial charge >= 0.3 is 0 Å². The quantitative estimate of drug-likeness (QED) is 0.753. The number of ether oxygens (including phenoxy) is 1. The van der Waals surface area contributed by atoms with Gasteiger partial charge in [0.25, 0.3) is 0 Å². The first kappa shape index (κ1) is 22.8. The highest BCUT2D eigenvalue weighted by atomic mass is 16.5. The molecule has 3 heterocycles. The molecule has 0 radical (unpaired) electrons. The van der Waals surface area contributed by atoms with Gasteiger partial charge in [0, 0.05) is 19.2 Å². The third kappa shape index (κ3) is 5.44. The molecule has 8 heteroatoms. The molecule has 2 N–H and O–H groups in total. The van der Waals surface area contributed by atoms with Gasteiger partial charge in [-0.3, -0.25) is 14.4 Å². The van der Waals surface area contributed by atoms with Crippen LogP contribution in [0.15, 0.2) is 30.5 Å². The number of amides is 3. The highest BCUT2D eigenvalue weighted by Crippen LogP contribution is 2.26. The van der Waals surface area contributed by atoms with E-state index in [9.17, 15) is 14.4 Å². The van der Waals surface area contributed by atoms with E-state index in [-0.39, 0.29) is 30.2 Å². The summed E-state index contributed by atoms with van der Waals surface area (Å²) < 4.78 is 6.15. The van der Waals surface area contributed by atoms with Gasteiger partial charge in [-0.1, -0.05) is 32.4 Å². The summed E-state index contributed by atoms with van der Waals surface area (Å²) in [5.41, 5.74) is 0.916. The molecule has 31 heavy (non-hydrogen) atoms. The van der Waals surface area contributed by atoms with Gasteiger partial charge in [0.15, 0.2) is 0 Å². The van der Waals surface area contributed by atoms with Crippen LogP contribution in [-0.4, -0.2) is 72.9 Å². The van der Waals surface area contributed by atoms with Crippen molar-refractivity contribution >= 4 is 23.8 Å². The van der Waals surface area contributed by atoms with Crippen LogP contribution in [0, 0.1) is 5.92 Å². The number of rotatable bonds is 4. The fraction of sp³-hybridized carbons (Fsp3) is 0.522. The predicted octanol–water partition coefficient (Wildman–Crippen LogP) is 1.23. The minimum atomic E-state index is -0.801. The second-order valence-corrected chi connectivity index (χ2v) is 8.50. The van der Waals surface area contributed by atoms with Gasteiger partial charge in [-0.15, -0.1) is 0 Å². The van der Waals surface area contributed by atoms with Crippen molar-refractivity contribution in [3.8, 4) is 5.75 Å². The number of nitrogens with one attached hydrogen (secondary N) is 2. The van der Waals surface area contributed by atoms with Gasteiger partial charge in [0.1, 0.15) is 23.9 Å². The fourth-order valence-electron chi connectivity index (χ4n) is 3.92. The normalized spacial score (nSPS) is 24.8. The molecule has 0 saturated carbocycles. The first-order chi connectivity index (χ1) is 14.8. The Morgan fingerprint density at radius 2 is 1.94 bits per heavy atom. The SMILES string of the molecule is CCC(C)C1NC(=O)C2C(CCN2C(=O)CN(C)C)Oc2ccc(cc2)C=CNC1=O. The lowest BCUT2D eigenvalue weighted by Crippen LogP contribution is -2.58. The third-order valence-corrected chi connectivity index (χ3v) is 5.85. The van der Waals surface area contributed by atoms with Crippen molar-refractivity contribution in [1.82, 2.24) is 20.4 Å². The summed E-state index contributed by atoms with van der Waals surface area (Å²) in [6.07, 6.45) is 4.14. The maximum absolute atomic E-state index is 13.4. The van der Waals surface area contributed by atoms with Gasteiger partial charge in [-0.2, -0.15) is 0 Å². The monoisotopic (exact) mass is 428 g/mol. The average molecular weight is 429 g/mol. The lowest BCUT2D eigenvalue weighted by atomic mass is 9.97. The second kappa shape index (κ2) is 9.96. The Morgan fingerprint density at radius 1 is 1.23 bits per heavy atom. The van der Waals surface area contributed by atoms with Crippen molar-refractivity contribution in [3.63, 3.8) is 0 Å². The lowest BCUT2D eigenvalue weighted by Gasteiger charge is -2.31. The van der Waals surface area contributed by atoms with E-state index in [2.05, 4.69) is 10.6 Å². The summed E-state index contributed by atoms with van der Waals surface area (Å²) in [6.45, 7) is 4.52. The molecule has 0 spiro atoms. The smallest absolute Gasteiger partial charge is 0.247 e. The Morgan fingerprint density at radius 3 is 2.58 bits per heavy atom. The van der Waals surface area contributed by atoms with Crippen LogP contribution in [0.1, 0.15) is 32.3 Å². The van der Waals surface area contributed by atoms with Crippen molar-refractivity contribution in [2.24, 2.45) is 5.92 Å². The van der Waals surface area contributed by atoms with E-state index in [1.807, 2.05) is 52.2 Å². The number of benzene rings is 1.